The fourth-order valence-electron chi connectivity index (χ4n) is 2.41. The molecule has 1 aliphatic rings. The molecule has 0 aromatic carbocycles. The summed E-state index contributed by atoms with van der Waals surface area (Å²) in [5, 5.41) is 0. The number of carbonyl (C=O) groups excluding carboxylic acids is 2. The minimum atomic E-state index is -0.562. The summed E-state index contributed by atoms with van der Waals surface area (Å²) in [6, 6.07) is -0.278. The monoisotopic (exact) mass is 314 g/mol. The quantitative estimate of drug-likeness (QED) is 0.792. The normalized spacial score (nSPS) is 23.1. The molecule has 6 nitrogen and oxygen atoms in total. The molecule has 0 radical (unpaired) electrons. The zero-order valence-electron chi connectivity index (χ0n) is 14.6. The van der Waals surface area contributed by atoms with Gasteiger partial charge in [0.05, 0.1) is 6.42 Å². The molecule has 0 spiro atoms. The predicted octanol–water partition coefficient (Wildman–Crippen LogP) is 2.45. The number of amides is 1. The van der Waals surface area contributed by atoms with Crippen molar-refractivity contribution in [2.24, 2.45) is 5.73 Å². The molecule has 2 N–H and O–H groups in total. The molecule has 0 saturated carbocycles. The van der Waals surface area contributed by atoms with Gasteiger partial charge in [-0.15, -0.1) is 0 Å². The standard InChI is InChI=1S/C16H30N2O4/c1-15(2,3)21-13(19)10-12-9-11(17)7-8-18(12)14(20)22-16(4,5)6/h11-12H,7-10,17H2,1-6H3/t11-,12-/m0/s1. The Hall–Kier alpha value is -1.30. The molecule has 1 fully saturated rings. The molecule has 0 aromatic heterocycles. The number of piperidine rings is 1. The first-order valence-electron chi connectivity index (χ1n) is 7.84. The molecule has 1 heterocycles. The Labute approximate surface area is 133 Å². The van der Waals surface area contributed by atoms with E-state index < -0.39 is 17.3 Å². The Bertz CT molecular complexity index is 409. The van der Waals surface area contributed by atoms with Crippen LogP contribution in [0.2, 0.25) is 0 Å². The SMILES string of the molecule is CC(C)(C)OC(=O)C[C@@H]1C[C@@H](N)CCN1C(=O)OC(C)(C)C. The Morgan fingerprint density at radius 1 is 1.09 bits per heavy atom. The van der Waals surface area contributed by atoms with Crippen LogP contribution in [0.15, 0.2) is 0 Å². The summed E-state index contributed by atoms with van der Waals surface area (Å²) in [5.41, 5.74) is 4.89. The van der Waals surface area contributed by atoms with Gasteiger partial charge in [0.1, 0.15) is 11.2 Å². The lowest BCUT2D eigenvalue weighted by Gasteiger charge is -2.38. The van der Waals surface area contributed by atoms with Crippen molar-refractivity contribution in [3.05, 3.63) is 0 Å². The van der Waals surface area contributed by atoms with Gasteiger partial charge in [-0.25, -0.2) is 4.79 Å². The van der Waals surface area contributed by atoms with E-state index in [-0.39, 0.29) is 24.5 Å². The van der Waals surface area contributed by atoms with Crippen molar-refractivity contribution in [2.75, 3.05) is 6.54 Å². The molecule has 0 unspecified atom stereocenters. The van der Waals surface area contributed by atoms with Crippen LogP contribution >= 0.6 is 0 Å². The van der Waals surface area contributed by atoms with Crippen molar-refractivity contribution >= 4 is 12.1 Å². The van der Waals surface area contributed by atoms with Crippen LogP contribution < -0.4 is 5.73 Å². The van der Waals surface area contributed by atoms with Crippen LogP contribution in [-0.2, 0) is 14.3 Å². The zero-order valence-corrected chi connectivity index (χ0v) is 14.6. The molecule has 0 aromatic rings. The van der Waals surface area contributed by atoms with Crippen LogP contribution in [0.25, 0.3) is 0 Å². The van der Waals surface area contributed by atoms with E-state index in [9.17, 15) is 9.59 Å². The Morgan fingerprint density at radius 2 is 1.64 bits per heavy atom. The minimum absolute atomic E-state index is 0.00822. The number of nitrogens with zero attached hydrogens (tertiary/aromatic N) is 1. The van der Waals surface area contributed by atoms with Crippen molar-refractivity contribution in [3.63, 3.8) is 0 Å². The number of likely N-dealkylation sites (tertiary alicyclic amines) is 1. The molecule has 0 bridgehead atoms. The number of nitrogens with two attached hydrogens (primary N) is 1. The van der Waals surface area contributed by atoms with E-state index in [0.29, 0.717) is 19.4 Å². The second-order valence-corrected chi connectivity index (χ2v) is 7.90. The number of ether oxygens (including phenoxy) is 2. The summed E-state index contributed by atoms with van der Waals surface area (Å²) in [6.45, 7) is 11.4. The number of carbonyl (C=O) groups is 2. The third-order valence-electron chi connectivity index (χ3n) is 3.21. The molecule has 1 rings (SSSR count). The van der Waals surface area contributed by atoms with Crippen LogP contribution in [0.4, 0.5) is 4.79 Å². The van der Waals surface area contributed by atoms with Crippen LogP contribution in [0.5, 0.6) is 0 Å². The largest absolute Gasteiger partial charge is 0.460 e. The van der Waals surface area contributed by atoms with Crippen LogP contribution in [0, 0.1) is 0 Å². The molecule has 2 atom stereocenters. The van der Waals surface area contributed by atoms with Gasteiger partial charge < -0.3 is 20.1 Å². The molecule has 0 aliphatic carbocycles. The van der Waals surface area contributed by atoms with Crippen molar-refractivity contribution in [1.29, 1.82) is 0 Å². The maximum absolute atomic E-state index is 12.3. The molecular weight excluding hydrogens is 284 g/mol. The fourth-order valence-corrected chi connectivity index (χ4v) is 2.41. The van der Waals surface area contributed by atoms with Crippen molar-refractivity contribution in [2.45, 2.75) is 84.1 Å². The van der Waals surface area contributed by atoms with E-state index in [1.165, 1.54) is 0 Å². The Kier molecular flexibility index (Phi) is 5.84. The fraction of sp³-hybridized carbons (Fsp3) is 0.875. The lowest BCUT2D eigenvalue weighted by molar-refractivity contribution is -0.156. The van der Waals surface area contributed by atoms with Crippen LogP contribution in [-0.4, -0.2) is 46.8 Å². The summed E-state index contributed by atoms with van der Waals surface area (Å²) in [7, 11) is 0. The van der Waals surface area contributed by atoms with Gasteiger partial charge in [-0.2, -0.15) is 0 Å². The van der Waals surface area contributed by atoms with Crippen LogP contribution in [0.3, 0.4) is 0 Å². The van der Waals surface area contributed by atoms with Gasteiger partial charge in [0, 0.05) is 18.6 Å². The molecule has 1 saturated heterocycles. The smallest absolute Gasteiger partial charge is 0.410 e. The second kappa shape index (κ2) is 6.86. The van der Waals surface area contributed by atoms with E-state index in [1.807, 2.05) is 41.5 Å². The summed E-state index contributed by atoms with van der Waals surface area (Å²) in [5.74, 6) is -0.319. The van der Waals surface area contributed by atoms with Gasteiger partial charge in [0.25, 0.3) is 0 Å². The summed E-state index contributed by atoms with van der Waals surface area (Å²) in [6.07, 6.45) is 1.04. The predicted molar refractivity (Wildman–Crippen MR) is 84.4 cm³/mol. The molecule has 6 heteroatoms. The van der Waals surface area contributed by atoms with Gasteiger partial charge in [-0.3, -0.25) is 4.79 Å². The van der Waals surface area contributed by atoms with Gasteiger partial charge in [-0.05, 0) is 54.4 Å². The minimum Gasteiger partial charge on any atom is -0.460 e. The first-order valence-corrected chi connectivity index (χ1v) is 7.84. The van der Waals surface area contributed by atoms with E-state index in [2.05, 4.69) is 0 Å². The highest BCUT2D eigenvalue weighted by molar-refractivity contribution is 5.73. The Morgan fingerprint density at radius 3 is 2.14 bits per heavy atom. The van der Waals surface area contributed by atoms with E-state index >= 15 is 0 Å². The van der Waals surface area contributed by atoms with Gasteiger partial charge in [0.15, 0.2) is 0 Å². The molecule has 22 heavy (non-hydrogen) atoms. The van der Waals surface area contributed by atoms with E-state index in [0.717, 1.165) is 0 Å². The zero-order chi connectivity index (χ0) is 17.1. The van der Waals surface area contributed by atoms with Crippen molar-refractivity contribution in [3.8, 4) is 0 Å². The first-order chi connectivity index (χ1) is 9.87. The summed E-state index contributed by atoms with van der Waals surface area (Å²) in [4.78, 5) is 26.0. The van der Waals surface area contributed by atoms with Crippen LogP contribution in [0.1, 0.15) is 60.8 Å². The highest BCUT2D eigenvalue weighted by Gasteiger charge is 2.35. The molecule has 1 amide bonds. The van der Waals surface area contributed by atoms with E-state index in [1.54, 1.807) is 4.90 Å². The lowest BCUT2D eigenvalue weighted by atomic mass is 9.96. The maximum Gasteiger partial charge on any atom is 0.410 e. The summed E-state index contributed by atoms with van der Waals surface area (Å²) >= 11 is 0. The second-order valence-electron chi connectivity index (χ2n) is 7.90. The lowest BCUT2D eigenvalue weighted by Crippen LogP contribution is -2.52. The molecule has 128 valence electrons. The number of hydrogen-bond donors (Lipinski definition) is 1. The van der Waals surface area contributed by atoms with Crippen molar-refractivity contribution < 1.29 is 19.1 Å². The highest BCUT2D eigenvalue weighted by atomic mass is 16.6. The average molecular weight is 314 g/mol. The van der Waals surface area contributed by atoms with E-state index in [4.69, 9.17) is 15.2 Å². The first kappa shape index (κ1) is 18.7. The molecule has 1 aliphatic heterocycles. The Balaban J connectivity index is 2.73. The van der Waals surface area contributed by atoms with Gasteiger partial charge in [0.2, 0.25) is 0 Å². The number of hydrogen-bond acceptors (Lipinski definition) is 5. The maximum atomic E-state index is 12.3. The van der Waals surface area contributed by atoms with Gasteiger partial charge >= 0.3 is 12.1 Å². The third kappa shape index (κ3) is 6.64. The van der Waals surface area contributed by atoms with Gasteiger partial charge in [-0.1, -0.05) is 0 Å². The number of esters is 1. The topological polar surface area (TPSA) is 81.9 Å². The highest BCUT2D eigenvalue weighted by Crippen LogP contribution is 2.23. The number of rotatable bonds is 2. The third-order valence-corrected chi connectivity index (χ3v) is 3.21. The average Bonchev–Trinajstić information content (AvgIpc) is 2.23. The van der Waals surface area contributed by atoms with Crippen molar-refractivity contribution in [1.82, 2.24) is 4.90 Å². The molecular formula is C16H30N2O4. The summed E-state index contributed by atoms with van der Waals surface area (Å²) < 4.78 is 10.8.